The van der Waals surface area contributed by atoms with Gasteiger partial charge in [-0.1, -0.05) is 43.9 Å². The van der Waals surface area contributed by atoms with Gasteiger partial charge in [0.05, 0.1) is 5.41 Å². The lowest BCUT2D eigenvalue weighted by atomic mass is 9.67. The summed E-state index contributed by atoms with van der Waals surface area (Å²) in [6, 6.07) is 0. The van der Waals surface area contributed by atoms with Crippen LogP contribution in [-0.4, -0.2) is 34.2 Å². The molecule has 0 radical (unpaired) electrons. The summed E-state index contributed by atoms with van der Waals surface area (Å²) in [4.78, 5) is 33.0. The number of aliphatic imine (C=N–C) groups is 1. The van der Waals surface area contributed by atoms with E-state index in [1.165, 1.54) is 57.8 Å². The first-order valence-corrected chi connectivity index (χ1v) is 14.1. The Labute approximate surface area is 191 Å². The van der Waals surface area contributed by atoms with Crippen LogP contribution in [0, 0.1) is 40.9 Å². The molecule has 6 aliphatic rings. The largest absolute Gasteiger partial charge is 0.290 e. The molecule has 6 rings (SSSR count). The van der Waals surface area contributed by atoms with Gasteiger partial charge in [-0.2, -0.15) is 4.99 Å². The van der Waals surface area contributed by atoms with Gasteiger partial charge in [0.1, 0.15) is 0 Å². The van der Waals surface area contributed by atoms with Crippen molar-refractivity contribution in [3.8, 4) is 0 Å². The van der Waals surface area contributed by atoms with Crippen LogP contribution in [0.1, 0.15) is 89.9 Å². The Morgan fingerprint density at radius 2 is 1.77 bits per heavy atom. The van der Waals surface area contributed by atoms with Crippen molar-refractivity contribution in [2.24, 2.45) is 45.9 Å². The van der Waals surface area contributed by atoms with Crippen molar-refractivity contribution in [2.45, 2.75) is 89.9 Å². The molecule has 3 bridgehead atoms. The molecular formula is C26H38N2O2S. The average Bonchev–Trinajstić information content (AvgIpc) is 3.46. The first-order chi connectivity index (χ1) is 15.1. The number of fused-ring (bicyclic) bond motifs is 3. The van der Waals surface area contributed by atoms with Gasteiger partial charge in [-0.15, -0.1) is 0 Å². The second-order valence-electron chi connectivity index (χ2n) is 11.9. The van der Waals surface area contributed by atoms with E-state index in [4.69, 9.17) is 0 Å². The number of hydrogen-bond acceptors (Lipinski definition) is 3. The molecule has 5 saturated carbocycles. The number of thioether (sulfide) groups is 1. The van der Waals surface area contributed by atoms with E-state index in [-0.39, 0.29) is 17.2 Å². The van der Waals surface area contributed by atoms with E-state index in [9.17, 15) is 9.59 Å². The summed E-state index contributed by atoms with van der Waals surface area (Å²) < 4.78 is 0. The van der Waals surface area contributed by atoms with E-state index in [1.807, 2.05) is 4.90 Å². The number of carbonyl (C=O) groups is 2. The molecule has 0 aromatic heterocycles. The second kappa shape index (κ2) is 8.18. The molecule has 0 aromatic carbocycles. The van der Waals surface area contributed by atoms with Crippen molar-refractivity contribution < 1.29 is 9.59 Å². The van der Waals surface area contributed by atoms with E-state index >= 15 is 0 Å². The number of hydrogen-bond donors (Lipinski definition) is 0. The highest BCUT2D eigenvalue weighted by atomic mass is 32.2. The fraction of sp³-hybridized carbons (Fsp3) is 0.885. The molecule has 7 unspecified atom stereocenters. The Kier molecular flexibility index (Phi) is 5.48. The number of amides is 2. The predicted octanol–water partition coefficient (Wildman–Crippen LogP) is 5.66. The fourth-order valence-corrected chi connectivity index (χ4v) is 9.60. The van der Waals surface area contributed by atoms with Crippen LogP contribution in [0.5, 0.6) is 0 Å². The van der Waals surface area contributed by atoms with Gasteiger partial charge in [0.25, 0.3) is 5.91 Å². The predicted molar refractivity (Wildman–Crippen MR) is 125 cm³/mol. The minimum Gasteiger partial charge on any atom is -0.290 e. The lowest BCUT2D eigenvalue weighted by Gasteiger charge is -2.37. The van der Waals surface area contributed by atoms with Gasteiger partial charge in [-0.3, -0.25) is 14.5 Å². The third kappa shape index (κ3) is 3.81. The minimum absolute atomic E-state index is 0.105. The maximum Gasteiger partial charge on any atom is 0.254 e. The van der Waals surface area contributed by atoms with Gasteiger partial charge in [0.2, 0.25) is 5.91 Å². The average molecular weight is 443 g/mol. The summed E-state index contributed by atoms with van der Waals surface area (Å²) in [6.45, 7) is 0.728. The molecule has 7 atom stereocenters. The topological polar surface area (TPSA) is 49.7 Å². The summed E-state index contributed by atoms with van der Waals surface area (Å²) in [5, 5.41) is 0.713. The van der Waals surface area contributed by atoms with Crippen molar-refractivity contribution in [1.82, 2.24) is 4.90 Å². The third-order valence-electron chi connectivity index (χ3n) is 10.1. The van der Waals surface area contributed by atoms with Crippen molar-refractivity contribution in [2.75, 3.05) is 12.3 Å². The maximum atomic E-state index is 13.4. The first-order valence-electron chi connectivity index (χ1n) is 13.2. The van der Waals surface area contributed by atoms with E-state index < -0.39 is 0 Å². The van der Waals surface area contributed by atoms with Crippen molar-refractivity contribution in [3.63, 3.8) is 0 Å². The SMILES string of the molecule is O=C(CCC1CCC2CCCC2C1)N1CCSC1=NC(=O)C12CC3CCC(C1)C(C3)C2. The summed E-state index contributed by atoms with van der Waals surface area (Å²) in [6.07, 6.45) is 17.1. The molecule has 170 valence electrons. The normalized spacial score (nSPS) is 44.8. The van der Waals surface area contributed by atoms with Crippen molar-refractivity contribution in [1.29, 1.82) is 0 Å². The standard InChI is InChI=1S/C26H38N2O2S/c29-23(9-6-17-4-7-19-2-1-3-20(19)12-17)28-10-11-31-25(28)27-24(30)26-14-18-5-8-21(15-26)22(13-18)16-26/h17-22H,1-16H2. The molecule has 2 amide bonds. The molecule has 1 saturated heterocycles. The molecule has 0 N–H and O–H groups in total. The van der Waals surface area contributed by atoms with E-state index in [0.717, 1.165) is 73.5 Å². The molecule has 1 heterocycles. The summed E-state index contributed by atoms with van der Waals surface area (Å²) in [5.74, 6) is 6.10. The molecule has 1 aliphatic heterocycles. The summed E-state index contributed by atoms with van der Waals surface area (Å²) in [7, 11) is 0. The monoisotopic (exact) mass is 442 g/mol. The van der Waals surface area contributed by atoms with Crippen LogP contribution in [0.3, 0.4) is 0 Å². The Morgan fingerprint density at radius 3 is 2.71 bits per heavy atom. The van der Waals surface area contributed by atoms with Gasteiger partial charge in [-0.05, 0) is 86.9 Å². The number of nitrogens with zero attached hydrogens (tertiary/aromatic N) is 2. The molecular weight excluding hydrogens is 404 g/mol. The van der Waals surface area contributed by atoms with Crippen LogP contribution in [0.4, 0.5) is 0 Å². The van der Waals surface area contributed by atoms with Crippen LogP contribution in [0.2, 0.25) is 0 Å². The number of rotatable bonds is 4. The lowest BCUT2D eigenvalue weighted by molar-refractivity contribution is -0.129. The molecule has 0 aromatic rings. The number of amidine groups is 1. The molecule has 0 spiro atoms. The Bertz CT molecular complexity index is 777. The molecule has 31 heavy (non-hydrogen) atoms. The van der Waals surface area contributed by atoms with Crippen LogP contribution in [0.15, 0.2) is 4.99 Å². The molecule has 4 nitrogen and oxygen atoms in total. The highest BCUT2D eigenvalue weighted by Crippen LogP contribution is 2.62. The summed E-state index contributed by atoms with van der Waals surface area (Å²) >= 11 is 1.62. The van der Waals surface area contributed by atoms with Crippen LogP contribution in [-0.2, 0) is 9.59 Å². The Balaban J connectivity index is 1.08. The first kappa shape index (κ1) is 20.7. The zero-order valence-electron chi connectivity index (χ0n) is 18.9. The van der Waals surface area contributed by atoms with E-state index in [1.54, 1.807) is 11.8 Å². The fourth-order valence-electron chi connectivity index (χ4n) is 8.65. The Hall–Kier alpha value is -0.840. The highest BCUT2D eigenvalue weighted by molar-refractivity contribution is 8.14. The Morgan fingerprint density at radius 1 is 0.935 bits per heavy atom. The molecule has 5 aliphatic carbocycles. The lowest BCUT2D eigenvalue weighted by Crippen LogP contribution is -2.37. The zero-order chi connectivity index (χ0) is 21.0. The van der Waals surface area contributed by atoms with Crippen LogP contribution < -0.4 is 0 Å². The minimum atomic E-state index is -0.195. The van der Waals surface area contributed by atoms with Crippen LogP contribution in [0.25, 0.3) is 0 Å². The molecule has 6 fully saturated rings. The van der Waals surface area contributed by atoms with Gasteiger partial charge in [0.15, 0.2) is 5.17 Å². The van der Waals surface area contributed by atoms with Crippen molar-refractivity contribution >= 4 is 28.7 Å². The zero-order valence-corrected chi connectivity index (χ0v) is 19.7. The van der Waals surface area contributed by atoms with Gasteiger partial charge in [0, 0.05) is 18.7 Å². The van der Waals surface area contributed by atoms with Gasteiger partial charge >= 0.3 is 0 Å². The van der Waals surface area contributed by atoms with Crippen molar-refractivity contribution in [3.05, 3.63) is 0 Å². The summed E-state index contributed by atoms with van der Waals surface area (Å²) in [5.41, 5.74) is -0.195. The van der Waals surface area contributed by atoms with Gasteiger partial charge < -0.3 is 0 Å². The van der Waals surface area contributed by atoms with E-state index in [2.05, 4.69) is 4.99 Å². The quantitative estimate of drug-likeness (QED) is 0.565. The maximum absolute atomic E-state index is 13.4. The second-order valence-corrected chi connectivity index (χ2v) is 12.9. The van der Waals surface area contributed by atoms with Crippen LogP contribution >= 0.6 is 11.8 Å². The highest BCUT2D eigenvalue weighted by Gasteiger charge is 2.56. The van der Waals surface area contributed by atoms with E-state index in [0.29, 0.717) is 11.6 Å². The van der Waals surface area contributed by atoms with Gasteiger partial charge in [-0.25, -0.2) is 0 Å². The molecule has 5 heteroatoms. The third-order valence-corrected chi connectivity index (χ3v) is 11.1. The smallest absolute Gasteiger partial charge is 0.254 e. The number of carbonyl (C=O) groups excluding carboxylic acids is 2.